The van der Waals surface area contributed by atoms with Crippen LogP contribution in [0.15, 0.2) is 24.3 Å². The number of hydrogen-bond acceptors (Lipinski definition) is 3. The molecule has 0 spiro atoms. The Hall–Kier alpha value is -0.610. The number of nitrogens with zero attached hydrogens (tertiary/aromatic N) is 1. The van der Waals surface area contributed by atoms with Gasteiger partial charge in [-0.3, -0.25) is 4.90 Å². The largest absolute Gasteiger partial charge is 0.387 e. The summed E-state index contributed by atoms with van der Waals surface area (Å²) in [7, 11) is 0. The molecule has 3 nitrogen and oxygen atoms in total. The minimum Gasteiger partial charge on any atom is -0.387 e. The summed E-state index contributed by atoms with van der Waals surface area (Å²) >= 11 is 5.82. The Bertz CT molecular complexity index is 355. The van der Waals surface area contributed by atoms with Crippen LogP contribution >= 0.6 is 11.6 Å². The molecule has 0 radical (unpaired) electrons. The van der Waals surface area contributed by atoms with E-state index in [9.17, 15) is 5.11 Å². The smallest absolute Gasteiger partial charge is 0.0916 e. The molecule has 0 amide bonds. The molecule has 0 aromatic heterocycles. The van der Waals surface area contributed by atoms with Gasteiger partial charge < -0.3 is 9.84 Å². The van der Waals surface area contributed by atoms with Gasteiger partial charge >= 0.3 is 0 Å². The molecule has 0 unspecified atom stereocenters. The van der Waals surface area contributed by atoms with Crippen molar-refractivity contribution in [1.29, 1.82) is 0 Å². The molecular weight excluding hydrogens is 238 g/mol. The average Bonchev–Trinajstić information content (AvgIpc) is 2.29. The second-order valence-corrected chi connectivity index (χ2v) is 4.94. The van der Waals surface area contributed by atoms with Crippen LogP contribution in [0.3, 0.4) is 0 Å². The summed E-state index contributed by atoms with van der Waals surface area (Å²) in [6.07, 6.45) is -0.210. The quantitative estimate of drug-likeness (QED) is 0.898. The van der Waals surface area contributed by atoms with Crippen molar-refractivity contribution in [1.82, 2.24) is 4.90 Å². The van der Waals surface area contributed by atoms with Crippen molar-refractivity contribution < 1.29 is 9.84 Å². The zero-order valence-corrected chi connectivity index (χ0v) is 10.7. The monoisotopic (exact) mass is 255 g/mol. The number of halogens is 1. The van der Waals surface area contributed by atoms with Gasteiger partial charge in [-0.15, -0.1) is 0 Å². The van der Waals surface area contributed by atoms with Crippen LogP contribution in [0.1, 0.15) is 18.6 Å². The summed E-state index contributed by atoms with van der Waals surface area (Å²) in [4.78, 5) is 2.23. The van der Waals surface area contributed by atoms with E-state index in [0.29, 0.717) is 11.6 Å². The second kappa shape index (κ2) is 5.83. The van der Waals surface area contributed by atoms with E-state index in [-0.39, 0.29) is 6.10 Å². The zero-order valence-electron chi connectivity index (χ0n) is 9.97. The molecule has 1 heterocycles. The maximum Gasteiger partial charge on any atom is 0.0916 e. The van der Waals surface area contributed by atoms with Gasteiger partial charge in [-0.2, -0.15) is 0 Å². The first-order chi connectivity index (χ1) is 8.15. The summed E-state index contributed by atoms with van der Waals surface area (Å²) in [5, 5.41) is 10.8. The van der Waals surface area contributed by atoms with Crippen LogP contribution < -0.4 is 0 Å². The fraction of sp³-hybridized carbons (Fsp3) is 0.538. The Morgan fingerprint density at radius 2 is 2.18 bits per heavy atom. The molecule has 1 fully saturated rings. The molecule has 2 atom stereocenters. The lowest BCUT2D eigenvalue weighted by Crippen LogP contribution is -2.42. The van der Waals surface area contributed by atoms with Gasteiger partial charge in [-0.25, -0.2) is 0 Å². The molecule has 1 aromatic rings. The van der Waals surface area contributed by atoms with E-state index in [1.807, 2.05) is 24.3 Å². The fourth-order valence-electron chi connectivity index (χ4n) is 2.09. The van der Waals surface area contributed by atoms with E-state index in [1.165, 1.54) is 0 Å². The standard InChI is InChI=1S/C13H18ClNO2/c1-10-8-15(6-7-17-10)9-13(16)11-2-4-12(14)5-3-11/h2-5,10,13,16H,6-9H2,1H3/t10-,13-/m0/s1. The molecule has 0 saturated carbocycles. The zero-order chi connectivity index (χ0) is 12.3. The summed E-state index contributed by atoms with van der Waals surface area (Å²) in [6.45, 7) is 5.21. The summed E-state index contributed by atoms with van der Waals surface area (Å²) in [5.41, 5.74) is 0.911. The highest BCUT2D eigenvalue weighted by molar-refractivity contribution is 6.30. The number of aliphatic hydroxyl groups excluding tert-OH is 1. The summed E-state index contributed by atoms with van der Waals surface area (Å²) < 4.78 is 5.47. The Morgan fingerprint density at radius 1 is 1.47 bits per heavy atom. The van der Waals surface area contributed by atoms with Crippen molar-refractivity contribution in [3.8, 4) is 0 Å². The molecule has 1 aliphatic rings. The Balaban J connectivity index is 1.91. The molecule has 0 aliphatic carbocycles. The highest BCUT2D eigenvalue weighted by atomic mass is 35.5. The van der Waals surface area contributed by atoms with Crippen LogP contribution in [0.2, 0.25) is 5.02 Å². The number of rotatable bonds is 3. The van der Waals surface area contributed by atoms with Gasteiger partial charge in [0.25, 0.3) is 0 Å². The van der Waals surface area contributed by atoms with Crippen molar-refractivity contribution in [3.05, 3.63) is 34.9 Å². The topological polar surface area (TPSA) is 32.7 Å². The van der Waals surface area contributed by atoms with Crippen molar-refractivity contribution in [2.24, 2.45) is 0 Å². The first kappa shape index (κ1) is 12.8. The van der Waals surface area contributed by atoms with Gasteiger partial charge in [-0.1, -0.05) is 23.7 Å². The number of aliphatic hydroxyl groups is 1. The highest BCUT2D eigenvalue weighted by Crippen LogP contribution is 2.18. The average molecular weight is 256 g/mol. The Morgan fingerprint density at radius 3 is 2.82 bits per heavy atom. The number of morpholine rings is 1. The van der Waals surface area contributed by atoms with Gasteiger partial charge in [-0.05, 0) is 24.6 Å². The molecule has 1 aliphatic heterocycles. The maximum absolute atomic E-state index is 10.1. The van der Waals surface area contributed by atoms with Crippen molar-refractivity contribution >= 4 is 11.6 Å². The third kappa shape index (κ3) is 3.68. The fourth-order valence-corrected chi connectivity index (χ4v) is 2.22. The molecule has 2 rings (SSSR count). The molecule has 0 bridgehead atoms. The van der Waals surface area contributed by atoms with Gasteiger partial charge in [0.05, 0.1) is 18.8 Å². The normalized spacial score (nSPS) is 23.6. The predicted molar refractivity (Wildman–Crippen MR) is 68.3 cm³/mol. The lowest BCUT2D eigenvalue weighted by Gasteiger charge is -2.32. The van der Waals surface area contributed by atoms with E-state index >= 15 is 0 Å². The van der Waals surface area contributed by atoms with E-state index in [1.54, 1.807) is 0 Å². The highest BCUT2D eigenvalue weighted by Gasteiger charge is 2.19. The van der Waals surface area contributed by atoms with E-state index < -0.39 is 6.10 Å². The van der Waals surface area contributed by atoms with Crippen LogP contribution in [0, 0.1) is 0 Å². The van der Waals surface area contributed by atoms with Crippen LogP contribution in [-0.2, 0) is 4.74 Å². The molecule has 1 N–H and O–H groups in total. The lowest BCUT2D eigenvalue weighted by atomic mass is 10.1. The lowest BCUT2D eigenvalue weighted by molar-refractivity contribution is -0.0318. The van der Waals surface area contributed by atoms with Crippen LogP contribution in [0.5, 0.6) is 0 Å². The van der Waals surface area contributed by atoms with Crippen molar-refractivity contribution in [2.75, 3.05) is 26.2 Å². The van der Waals surface area contributed by atoms with Crippen LogP contribution in [0.4, 0.5) is 0 Å². The molecule has 1 aromatic carbocycles. The number of hydrogen-bond donors (Lipinski definition) is 1. The molecule has 1 saturated heterocycles. The third-order valence-electron chi connectivity index (χ3n) is 3.01. The SMILES string of the molecule is C[C@H]1CN(C[C@H](O)c2ccc(Cl)cc2)CCO1. The summed E-state index contributed by atoms with van der Waals surface area (Å²) in [6, 6.07) is 7.36. The first-order valence-electron chi connectivity index (χ1n) is 5.92. The molecular formula is C13H18ClNO2. The molecule has 4 heteroatoms. The maximum atomic E-state index is 10.1. The van der Waals surface area contributed by atoms with E-state index in [4.69, 9.17) is 16.3 Å². The number of β-amino-alcohol motifs (C(OH)–C–C–N with tert-alkyl or cyclic N) is 1. The first-order valence-corrected chi connectivity index (χ1v) is 6.30. The van der Waals surface area contributed by atoms with Crippen molar-refractivity contribution in [2.45, 2.75) is 19.1 Å². The summed E-state index contributed by atoms with van der Waals surface area (Å²) in [5.74, 6) is 0. The van der Waals surface area contributed by atoms with Crippen LogP contribution in [0.25, 0.3) is 0 Å². The minimum absolute atomic E-state index is 0.251. The van der Waals surface area contributed by atoms with E-state index in [2.05, 4.69) is 11.8 Å². The van der Waals surface area contributed by atoms with Gasteiger partial charge in [0.1, 0.15) is 0 Å². The second-order valence-electron chi connectivity index (χ2n) is 4.51. The third-order valence-corrected chi connectivity index (χ3v) is 3.26. The Kier molecular flexibility index (Phi) is 4.40. The van der Waals surface area contributed by atoms with E-state index in [0.717, 1.165) is 25.3 Å². The Labute approximate surface area is 107 Å². The van der Waals surface area contributed by atoms with Crippen LogP contribution in [-0.4, -0.2) is 42.4 Å². The predicted octanol–water partition coefficient (Wildman–Crippen LogP) is 2.09. The van der Waals surface area contributed by atoms with Gasteiger partial charge in [0.15, 0.2) is 0 Å². The number of benzene rings is 1. The van der Waals surface area contributed by atoms with Gasteiger partial charge in [0, 0.05) is 24.7 Å². The van der Waals surface area contributed by atoms with Gasteiger partial charge in [0.2, 0.25) is 0 Å². The number of ether oxygens (including phenoxy) is 1. The molecule has 17 heavy (non-hydrogen) atoms. The van der Waals surface area contributed by atoms with Crippen molar-refractivity contribution in [3.63, 3.8) is 0 Å². The molecule has 94 valence electrons. The minimum atomic E-state index is -0.461.